The summed E-state index contributed by atoms with van der Waals surface area (Å²) in [7, 11) is 1.78. The summed E-state index contributed by atoms with van der Waals surface area (Å²) in [5, 5.41) is 6.11. The van der Waals surface area contributed by atoms with Gasteiger partial charge in [-0.05, 0) is 55.8 Å². The molecule has 32 heavy (non-hydrogen) atoms. The van der Waals surface area contributed by atoms with Crippen LogP contribution in [-0.4, -0.2) is 50.8 Å². The third kappa shape index (κ3) is 5.82. The van der Waals surface area contributed by atoms with E-state index in [2.05, 4.69) is 10.6 Å². The van der Waals surface area contributed by atoms with Crippen molar-refractivity contribution in [1.82, 2.24) is 10.6 Å². The molecule has 1 aliphatic heterocycles. The van der Waals surface area contributed by atoms with Crippen molar-refractivity contribution in [3.8, 4) is 11.1 Å². The Kier molecular flexibility index (Phi) is 8.15. The number of anilines is 1. The van der Waals surface area contributed by atoms with Crippen LogP contribution in [0.25, 0.3) is 11.1 Å². The van der Waals surface area contributed by atoms with Crippen LogP contribution in [-0.2, 0) is 16.1 Å². The van der Waals surface area contributed by atoms with Crippen molar-refractivity contribution in [3.63, 3.8) is 0 Å². The molecule has 0 aliphatic carbocycles. The van der Waals surface area contributed by atoms with Crippen molar-refractivity contribution in [1.29, 1.82) is 0 Å². The van der Waals surface area contributed by atoms with Gasteiger partial charge in [0.1, 0.15) is 11.9 Å². The van der Waals surface area contributed by atoms with E-state index in [1.807, 2.05) is 24.3 Å². The normalized spacial score (nSPS) is 16.8. The number of cyclic esters (lactones) is 1. The first-order chi connectivity index (χ1) is 15.4. The Bertz CT molecular complexity index is 938. The van der Waals surface area contributed by atoms with Gasteiger partial charge in [-0.3, -0.25) is 9.69 Å². The van der Waals surface area contributed by atoms with Gasteiger partial charge in [0.25, 0.3) is 0 Å². The number of likely N-dealkylation sites (N-methyl/N-ethyl adjacent to an activating group) is 1. The lowest BCUT2D eigenvalue weighted by atomic mass is 10.0. The average Bonchev–Trinajstić information content (AvgIpc) is 3.14. The molecule has 172 valence electrons. The van der Waals surface area contributed by atoms with Crippen LogP contribution in [0, 0.1) is 5.82 Å². The highest BCUT2D eigenvalue weighted by atomic mass is 19.1. The molecule has 8 nitrogen and oxygen atoms in total. The van der Waals surface area contributed by atoms with E-state index in [-0.39, 0.29) is 6.10 Å². The van der Waals surface area contributed by atoms with Crippen LogP contribution >= 0.6 is 0 Å². The molecule has 9 heteroatoms. The standard InChI is InChI=1S/C23H30FN5O3/c1-27-13-18-14-29(23(31)32-18)17-8-9-19(20(24)11-17)16-6-4-15(5-7-16)12-28-21(22(26)30)3-2-10-25/h4-9,11,18,21,27-28H,2-3,10,12-14,25H2,1H3,(H2,26,30). The third-order valence-electron chi connectivity index (χ3n) is 5.43. The number of hydrogen-bond donors (Lipinski definition) is 4. The first kappa shape index (κ1) is 23.6. The van der Waals surface area contributed by atoms with E-state index in [9.17, 15) is 14.0 Å². The minimum absolute atomic E-state index is 0.263. The Morgan fingerprint density at radius 1 is 1.28 bits per heavy atom. The number of nitrogens with one attached hydrogen (secondary N) is 2. The monoisotopic (exact) mass is 443 g/mol. The van der Waals surface area contributed by atoms with Crippen LogP contribution in [0.2, 0.25) is 0 Å². The molecule has 1 heterocycles. The zero-order chi connectivity index (χ0) is 23.1. The van der Waals surface area contributed by atoms with Gasteiger partial charge in [0, 0.05) is 18.7 Å². The predicted molar refractivity (Wildman–Crippen MR) is 121 cm³/mol. The molecule has 0 saturated carbocycles. The van der Waals surface area contributed by atoms with Gasteiger partial charge in [-0.25, -0.2) is 9.18 Å². The lowest BCUT2D eigenvalue weighted by Crippen LogP contribution is -2.41. The van der Waals surface area contributed by atoms with Crippen LogP contribution in [0.1, 0.15) is 18.4 Å². The topological polar surface area (TPSA) is 123 Å². The third-order valence-corrected chi connectivity index (χ3v) is 5.43. The van der Waals surface area contributed by atoms with Gasteiger partial charge in [-0.1, -0.05) is 24.3 Å². The van der Waals surface area contributed by atoms with Crippen molar-refractivity contribution >= 4 is 17.7 Å². The minimum atomic E-state index is -0.477. The highest BCUT2D eigenvalue weighted by Gasteiger charge is 2.32. The lowest BCUT2D eigenvalue weighted by Gasteiger charge is -2.16. The van der Waals surface area contributed by atoms with E-state index in [1.54, 1.807) is 19.2 Å². The fraction of sp³-hybridized carbons (Fsp3) is 0.391. The number of benzene rings is 2. The largest absolute Gasteiger partial charge is 0.443 e. The second-order valence-corrected chi connectivity index (χ2v) is 7.80. The van der Waals surface area contributed by atoms with Gasteiger partial charge >= 0.3 is 6.09 Å². The summed E-state index contributed by atoms with van der Waals surface area (Å²) in [6.07, 6.45) is 0.554. The second kappa shape index (κ2) is 11.0. The van der Waals surface area contributed by atoms with Gasteiger partial charge in [-0.15, -0.1) is 0 Å². The SMILES string of the molecule is CNCC1CN(c2ccc(-c3ccc(CNC(CCCN)C(N)=O)cc3)c(F)c2)C(=O)O1. The van der Waals surface area contributed by atoms with E-state index in [0.717, 1.165) is 5.56 Å². The van der Waals surface area contributed by atoms with Crippen LogP contribution < -0.4 is 27.0 Å². The summed E-state index contributed by atoms with van der Waals surface area (Å²) in [6, 6.07) is 11.7. The highest BCUT2D eigenvalue weighted by Crippen LogP contribution is 2.29. The summed E-state index contributed by atoms with van der Waals surface area (Å²) in [5.74, 6) is -0.829. The molecule has 0 aromatic heterocycles. The molecule has 1 fully saturated rings. The summed E-state index contributed by atoms with van der Waals surface area (Å²) in [6.45, 7) is 1.87. The van der Waals surface area contributed by atoms with Crippen molar-refractivity contribution in [2.24, 2.45) is 11.5 Å². The molecule has 1 saturated heterocycles. The van der Waals surface area contributed by atoms with E-state index >= 15 is 0 Å². The number of carbonyl (C=O) groups is 2. The Morgan fingerprint density at radius 2 is 2.03 bits per heavy atom. The average molecular weight is 444 g/mol. The number of amides is 2. The van der Waals surface area contributed by atoms with Crippen LogP contribution in [0.5, 0.6) is 0 Å². The zero-order valence-corrected chi connectivity index (χ0v) is 18.1. The number of nitrogens with zero attached hydrogens (tertiary/aromatic N) is 1. The fourth-order valence-electron chi connectivity index (χ4n) is 3.68. The number of halogens is 1. The molecule has 2 amide bonds. The molecular formula is C23H30FN5O3. The van der Waals surface area contributed by atoms with Crippen LogP contribution in [0.15, 0.2) is 42.5 Å². The predicted octanol–water partition coefficient (Wildman–Crippen LogP) is 1.72. The van der Waals surface area contributed by atoms with Crippen LogP contribution in [0.3, 0.4) is 0 Å². The summed E-state index contributed by atoms with van der Waals surface area (Å²) in [4.78, 5) is 25.1. The summed E-state index contributed by atoms with van der Waals surface area (Å²) >= 11 is 0. The van der Waals surface area contributed by atoms with Gasteiger partial charge in [0.05, 0.1) is 18.3 Å². The van der Waals surface area contributed by atoms with Gasteiger partial charge < -0.3 is 26.8 Å². The van der Waals surface area contributed by atoms with Crippen molar-refractivity contribution < 1.29 is 18.7 Å². The number of carbonyl (C=O) groups excluding carboxylic acids is 2. The number of ether oxygens (including phenoxy) is 1. The molecule has 1 aliphatic rings. The van der Waals surface area contributed by atoms with Crippen molar-refractivity contribution in [3.05, 3.63) is 53.8 Å². The molecule has 3 rings (SSSR count). The van der Waals surface area contributed by atoms with Crippen LogP contribution in [0.4, 0.5) is 14.9 Å². The van der Waals surface area contributed by atoms with Gasteiger partial charge in [0.2, 0.25) is 5.91 Å². The number of primary amides is 1. The van der Waals surface area contributed by atoms with E-state index in [4.69, 9.17) is 16.2 Å². The maximum Gasteiger partial charge on any atom is 0.414 e. The van der Waals surface area contributed by atoms with E-state index in [0.29, 0.717) is 55.8 Å². The lowest BCUT2D eigenvalue weighted by molar-refractivity contribution is -0.120. The molecule has 6 N–H and O–H groups in total. The fourth-order valence-corrected chi connectivity index (χ4v) is 3.68. The molecule has 0 radical (unpaired) electrons. The molecule has 2 atom stereocenters. The Hall–Kier alpha value is -3.01. The van der Waals surface area contributed by atoms with E-state index < -0.39 is 23.9 Å². The molecular weight excluding hydrogens is 413 g/mol. The Balaban J connectivity index is 1.66. The van der Waals surface area contributed by atoms with E-state index in [1.165, 1.54) is 11.0 Å². The molecule has 2 aromatic carbocycles. The maximum atomic E-state index is 14.9. The number of rotatable bonds is 11. The maximum absolute atomic E-state index is 14.9. The molecule has 0 spiro atoms. The quantitative estimate of drug-likeness (QED) is 0.419. The number of hydrogen-bond acceptors (Lipinski definition) is 6. The van der Waals surface area contributed by atoms with Crippen molar-refractivity contribution in [2.75, 3.05) is 31.6 Å². The van der Waals surface area contributed by atoms with Gasteiger partial charge in [0.15, 0.2) is 0 Å². The molecule has 0 bridgehead atoms. The Labute approximate surface area is 187 Å². The highest BCUT2D eigenvalue weighted by molar-refractivity contribution is 5.90. The molecule has 2 unspecified atom stereocenters. The summed E-state index contributed by atoms with van der Waals surface area (Å²) in [5.41, 5.74) is 13.5. The Morgan fingerprint density at radius 3 is 2.66 bits per heavy atom. The summed E-state index contributed by atoms with van der Waals surface area (Å²) < 4.78 is 20.1. The first-order valence-corrected chi connectivity index (χ1v) is 10.7. The van der Waals surface area contributed by atoms with Gasteiger partial charge in [-0.2, -0.15) is 0 Å². The van der Waals surface area contributed by atoms with Crippen molar-refractivity contribution in [2.45, 2.75) is 31.5 Å². The molecule has 2 aromatic rings. The smallest absolute Gasteiger partial charge is 0.414 e. The first-order valence-electron chi connectivity index (χ1n) is 10.7. The number of nitrogens with two attached hydrogens (primary N) is 2. The second-order valence-electron chi connectivity index (χ2n) is 7.80. The zero-order valence-electron chi connectivity index (χ0n) is 18.1. The minimum Gasteiger partial charge on any atom is -0.443 e.